The number of nitrogens with zero attached hydrogens (tertiary/aromatic N) is 2. The second kappa shape index (κ2) is 5.88. The van der Waals surface area contributed by atoms with Gasteiger partial charge in [-0.25, -0.2) is 9.78 Å². The van der Waals surface area contributed by atoms with Gasteiger partial charge in [0.1, 0.15) is 17.6 Å². The van der Waals surface area contributed by atoms with E-state index in [1.165, 1.54) is 0 Å². The number of benzene rings is 1. The molecule has 108 valence electrons. The topological polar surface area (TPSA) is 105 Å². The van der Waals surface area contributed by atoms with Crippen molar-refractivity contribution < 1.29 is 14.8 Å². The van der Waals surface area contributed by atoms with Crippen LogP contribution in [0.25, 0.3) is 0 Å². The van der Waals surface area contributed by atoms with Crippen molar-refractivity contribution in [1.82, 2.24) is 4.98 Å². The number of pyridine rings is 1. The predicted octanol–water partition coefficient (Wildman–Crippen LogP) is 3.50. The molecule has 0 saturated carbocycles. The number of aromatic carboxylic acids is 1. The lowest BCUT2D eigenvalue weighted by Crippen LogP contribution is -2.05. The fourth-order valence-electron chi connectivity index (χ4n) is 1.70. The molecule has 0 radical (unpaired) electrons. The van der Waals surface area contributed by atoms with E-state index in [1.54, 1.807) is 6.07 Å². The SMILES string of the molecule is Cc1cc(Nc2cc(C(=O)O)c([N+](=O)[O-])cn2)ccc1Br. The van der Waals surface area contributed by atoms with Gasteiger partial charge < -0.3 is 10.4 Å². The molecule has 0 unspecified atom stereocenters. The molecule has 0 fully saturated rings. The number of nitro groups is 1. The summed E-state index contributed by atoms with van der Waals surface area (Å²) in [6, 6.07) is 6.59. The first-order chi connectivity index (χ1) is 9.88. The van der Waals surface area contributed by atoms with Crippen molar-refractivity contribution in [1.29, 1.82) is 0 Å². The Morgan fingerprint density at radius 2 is 2.14 bits per heavy atom. The van der Waals surface area contributed by atoms with Crippen LogP contribution in [0.15, 0.2) is 34.9 Å². The van der Waals surface area contributed by atoms with Gasteiger partial charge in [-0.15, -0.1) is 0 Å². The van der Waals surface area contributed by atoms with Crippen LogP contribution >= 0.6 is 15.9 Å². The van der Waals surface area contributed by atoms with Gasteiger partial charge in [-0.1, -0.05) is 15.9 Å². The molecule has 0 aliphatic carbocycles. The molecule has 1 aromatic heterocycles. The summed E-state index contributed by atoms with van der Waals surface area (Å²) < 4.78 is 0.941. The third kappa shape index (κ3) is 3.34. The van der Waals surface area contributed by atoms with E-state index in [0.717, 1.165) is 22.3 Å². The largest absolute Gasteiger partial charge is 0.477 e. The number of rotatable bonds is 4. The van der Waals surface area contributed by atoms with Gasteiger partial charge in [-0.05, 0) is 30.7 Å². The zero-order chi connectivity index (χ0) is 15.6. The summed E-state index contributed by atoms with van der Waals surface area (Å²) in [7, 11) is 0. The number of hydrogen-bond acceptors (Lipinski definition) is 5. The highest BCUT2D eigenvalue weighted by atomic mass is 79.9. The molecule has 0 aliphatic rings. The number of carboxylic acid groups (broad SMARTS) is 1. The molecule has 7 nitrogen and oxygen atoms in total. The standard InChI is InChI=1S/C13H10BrN3O4/c1-7-4-8(2-3-10(7)14)16-12-5-9(13(18)19)11(6-15-12)17(20)21/h2-6H,1H3,(H,15,16)(H,18,19). The van der Waals surface area contributed by atoms with Crippen LogP contribution in [-0.4, -0.2) is 21.0 Å². The quantitative estimate of drug-likeness (QED) is 0.644. The van der Waals surface area contributed by atoms with Crippen LogP contribution in [0.5, 0.6) is 0 Å². The maximum Gasteiger partial charge on any atom is 0.342 e. The Kier molecular flexibility index (Phi) is 4.18. The first kappa shape index (κ1) is 14.9. The Morgan fingerprint density at radius 1 is 1.43 bits per heavy atom. The predicted molar refractivity (Wildman–Crippen MR) is 80.0 cm³/mol. The Bertz CT molecular complexity index is 733. The maximum absolute atomic E-state index is 11.1. The van der Waals surface area contributed by atoms with Crippen molar-refractivity contribution in [2.24, 2.45) is 0 Å². The normalized spacial score (nSPS) is 10.2. The molecular weight excluding hydrogens is 342 g/mol. The Hall–Kier alpha value is -2.48. The molecule has 0 atom stereocenters. The van der Waals surface area contributed by atoms with Crippen LogP contribution in [0.4, 0.5) is 17.2 Å². The molecule has 2 aromatic rings. The van der Waals surface area contributed by atoms with Crippen molar-refractivity contribution in [2.45, 2.75) is 6.92 Å². The second-order valence-electron chi connectivity index (χ2n) is 4.24. The first-order valence-electron chi connectivity index (χ1n) is 5.79. The number of aryl methyl sites for hydroxylation is 1. The van der Waals surface area contributed by atoms with Crippen LogP contribution in [0.1, 0.15) is 15.9 Å². The lowest BCUT2D eigenvalue weighted by molar-refractivity contribution is -0.385. The lowest BCUT2D eigenvalue weighted by Gasteiger charge is -2.08. The number of halogens is 1. The van der Waals surface area contributed by atoms with Crippen molar-refractivity contribution in [3.8, 4) is 0 Å². The fraction of sp³-hybridized carbons (Fsp3) is 0.0769. The molecule has 0 aliphatic heterocycles. The number of carbonyl (C=O) groups is 1. The van der Waals surface area contributed by atoms with Gasteiger partial charge in [-0.2, -0.15) is 0 Å². The van der Waals surface area contributed by atoms with Gasteiger partial charge in [-0.3, -0.25) is 10.1 Å². The summed E-state index contributed by atoms with van der Waals surface area (Å²) in [5, 5.41) is 22.7. The highest BCUT2D eigenvalue weighted by Crippen LogP contribution is 2.25. The summed E-state index contributed by atoms with van der Waals surface area (Å²) in [5.41, 5.74) is 0.736. The van der Waals surface area contributed by atoms with Crippen molar-refractivity contribution in [3.05, 3.63) is 56.2 Å². The third-order valence-corrected chi connectivity index (χ3v) is 3.63. The Morgan fingerprint density at radius 3 is 2.71 bits per heavy atom. The summed E-state index contributed by atoms with van der Waals surface area (Å²) in [6.45, 7) is 1.90. The molecule has 8 heteroatoms. The van der Waals surface area contributed by atoms with Crippen LogP contribution in [0.2, 0.25) is 0 Å². The van der Waals surface area contributed by atoms with Crippen LogP contribution in [0, 0.1) is 17.0 Å². The minimum atomic E-state index is -1.38. The number of nitrogens with one attached hydrogen (secondary N) is 1. The Labute approximate surface area is 127 Å². The van der Waals surface area contributed by atoms with E-state index in [-0.39, 0.29) is 5.82 Å². The zero-order valence-electron chi connectivity index (χ0n) is 10.8. The van der Waals surface area contributed by atoms with Crippen LogP contribution < -0.4 is 5.32 Å². The molecule has 21 heavy (non-hydrogen) atoms. The number of aromatic nitrogens is 1. The molecule has 0 bridgehead atoms. The van der Waals surface area contributed by atoms with Crippen molar-refractivity contribution >= 4 is 39.1 Å². The van der Waals surface area contributed by atoms with Crippen LogP contribution in [-0.2, 0) is 0 Å². The summed E-state index contributed by atoms with van der Waals surface area (Å²) >= 11 is 3.37. The van der Waals surface area contributed by atoms with E-state index in [0.29, 0.717) is 5.69 Å². The van der Waals surface area contributed by atoms with Gasteiger partial charge in [0.05, 0.1) is 4.92 Å². The minimum Gasteiger partial charge on any atom is -0.477 e. The number of anilines is 2. The summed E-state index contributed by atoms with van der Waals surface area (Å²) in [4.78, 5) is 24.9. The van der Waals surface area contributed by atoms with Gasteiger partial charge in [0.25, 0.3) is 0 Å². The van der Waals surface area contributed by atoms with Gasteiger partial charge in [0.2, 0.25) is 0 Å². The van der Waals surface area contributed by atoms with E-state index < -0.39 is 22.1 Å². The maximum atomic E-state index is 11.1. The highest BCUT2D eigenvalue weighted by Gasteiger charge is 2.21. The number of carboxylic acids is 1. The van der Waals surface area contributed by atoms with Crippen LogP contribution in [0.3, 0.4) is 0 Å². The molecule has 1 aromatic carbocycles. The highest BCUT2D eigenvalue weighted by molar-refractivity contribution is 9.10. The van der Waals surface area contributed by atoms with Crippen molar-refractivity contribution in [2.75, 3.05) is 5.32 Å². The molecule has 0 amide bonds. The van der Waals surface area contributed by atoms with E-state index in [9.17, 15) is 14.9 Å². The average molecular weight is 352 g/mol. The molecular formula is C13H10BrN3O4. The first-order valence-corrected chi connectivity index (χ1v) is 6.58. The van der Waals surface area contributed by atoms with E-state index >= 15 is 0 Å². The molecule has 2 rings (SSSR count). The third-order valence-electron chi connectivity index (χ3n) is 2.74. The second-order valence-corrected chi connectivity index (χ2v) is 5.09. The Balaban J connectivity index is 2.36. The zero-order valence-corrected chi connectivity index (χ0v) is 12.4. The molecule has 2 N–H and O–H groups in total. The minimum absolute atomic E-state index is 0.222. The summed E-state index contributed by atoms with van der Waals surface area (Å²) in [5.74, 6) is -1.15. The average Bonchev–Trinajstić information content (AvgIpc) is 2.42. The van der Waals surface area contributed by atoms with Gasteiger partial charge in [0, 0.05) is 16.2 Å². The molecule has 0 saturated heterocycles. The van der Waals surface area contributed by atoms with Gasteiger partial charge in [0.15, 0.2) is 0 Å². The number of hydrogen-bond donors (Lipinski definition) is 2. The fourth-order valence-corrected chi connectivity index (χ4v) is 1.95. The smallest absolute Gasteiger partial charge is 0.342 e. The van der Waals surface area contributed by atoms with Gasteiger partial charge >= 0.3 is 11.7 Å². The van der Waals surface area contributed by atoms with E-state index in [1.807, 2.05) is 19.1 Å². The summed E-state index contributed by atoms with van der Waals surface area (Å²) in [6.07, 6.45) is 0.928. The lowest BCUT2D eigenvalue weighted by atomic mass is 10.2. The molecule has 1 heterocycles. The van der Waals surface area contributed by atoms with E-state index in [2.05, 4.69) is 26.2 Å². The molecule has 0 spiro atoms. The van der Waals surface area contributed by atoms with Crippen molar-refractivity contribution in [3.63, 3.8) is 0 Å². The monoisotopic (exact) mass is 351 g/mol. The van der Waals surface area contributed by atoms with E-state index in [4.69, 9.17) is 5.11 Å².